The van der Waals surface area contributed by atoms with Crippen LogP contribution in [-0.2, 0) is 9.53 Å². The van der Waals surface area contributed by atoms with Gasteiger partial charge >= 0.3 is 5.97 Å². The fraction of sp³-hybridized carbons (Fsp3) is 0.333. The van der Waals surface area contributed by atoms with E-state index in [0.29, 0.717) is 18.7 Å². The Hall–Kier alpha value is -2.14. The largest absolute Gasteiger partial charge is 0.478 e. The molecule has 1 rings (SSSR count). The average Bonchev–Trinajstić information content (AvgIpc) is 2.42. The molecule has 0 atom stereocenters. The average molecular weight is 277 g/mol. The third kappa shape index (κ3) is 4.51. The van der Waals surface area contributed by atoms with Crippen LogP contribution in [0, 0.1) is 6.92 Å². The quantitative estimate of drug-likeness (QED) is 0.805. The monoisotopic (exact) mass is 277 g/mol. The van der Waals surface area contributed by atoms with Gasteiger partial charge in [0.1, 0.15) is 0 Å². The number of likely N-dealkylation sites (N-methyl/N-ethyl adjacent to an activating group) is 1. The molecule has 0 fully saturated rings. The maximum Gasteiger partial charge on any atom is 0.328 e. The van der Waals surface area contributed by atoms with E-state index in [1.54, 1.807) is 37.3 Å². The number of carbonyl (C=O) groups excluding carboxylic acids is 1. The first kappa shape index (κ1) is 15.9. The van der Waals surface area contributed by atoms with E-state index < -0.39 is 5.97 Å². The molecular weight excluding hydrogens is 258 g/mol. The maximum atomic E-state index is 12.2. The highest BCUT2D eigenvalue weighted by molar-refractivity contribution is 5.95. The number of nitrogens with zero attached hydrogens (tertiary/aromatic N) is 1. The third-order valence-corrected chi connectivity index (χ3v) is 2.91. The normalized spacial score (nSPS) is 10.8. The van der Waals surface area contributed by atoms with Gasteiger partial charge in [-0.25, -0.2) is 4.79 Å². The molecule has 1 aromatic carbocycles. The van der Waals surface area contributed by atoms with Gasteiger partial charge in [-0.2, -0.15) is 0 Å². The minimum absolute atomic E-state index is 0.118. The lowest BCUT2D eigenvalue weighted by Crippen LogP contribution is -2.29. The van der Waals surface area contributed by atoms with E-state index in [1.165, 1.54) is 6.08 Å². The predicted octanol–water partition coefficient (Wildman–Crippen LogP) is 1.81. The van der Waals surface area contributed by atoms with Crippen molar-refractivity contribution in [1.29, 1.82) is 0 Å². The number of hydrogen-bond acceptors (Lipinski definition) is 3. The lowest BCUT2D eigenvalue weighted by molar-refractivity contribution is -0.131. The van der Waals surface area contributed by atoms with Crippen LogP contribution in [0.5, 0.6) is 0 Å². The molecule has 0 saturated heterocycles. The summed E-state index contributed by atoms with van der Waals surface area (Å²) in [5, 5.41) is 8.65. The highest BCUT2D eigenvalue weighted by Gasteiger charge is 2.12. The van der Waals surface area contributed by atoms with Crippen molar-refractivity contribution in [2.24, 2.45) is 0 Å². The lowest BCUT2D eigenvalue weighted by Gasteiger charge is -2.17. The van der Waals surface area contributed by atoms with Crippen molar-refractivity contribution in [3.63, 3.8) is 0 Å². The van der Waals surface area contributed by atoms with E-state index >= 15 is 0 Å². The summed E-state index contributed by atoms with van der Waals surface area (Å²) >= 11 is 0. The van der Waals surface area contributed by atoms with Gasteiger partial charge in [-0.05, 0) is 36.3 Å². The SMILES string of the molecule is COCCN(C)C(=O)c1ccc(C)c(/C=C/C(=O)O)c1. The number of hydrogen-bond donors (Lipinski definition) is 1. The van der Waals surface area contributed by atoms with Crippen LogP contribution < -0.4 is 0 Å². The van der Waals surface area contributed by atoms with Crippen LogP contribution >= 0.6 is 0 Å². The van der Waals surface area contributed by atoms with Gasteiger partial charge < -0.3 is 14.7 Å². The van der Waals surface area contributed by atoms with Crippen LogP contribution in [0.25, 0.3) is 6.08 Å². The number of methoxy groups -OCH3 is 1. The Morgan fingerprint density at radius 2 is 2.10 bits per heavy atom. The van der Waals surface area contributed by atoms with E-state index in [9.17, 15) is 9.59 Å². The van der Waals surface area contributed by atoms with Gasteiger partial charge in [0, 0.05) is 32.3 Å². The van der Waals surface area contributed by atoms with Crippen molar-refractivity contribution in [2.45, 2.75) is 6.92 Å². The molecule has 108 valence electrons. The Morgan fingerprint density at radius 3 is 2.70 bits per heavy atom. The molecule has 0 aliphatic heterocycles. The van der Waals surface area contributed by atoms with Crippen molar-refractivity contribution in [1.82, 2.24) is 4.90 Å². The summed E-state index contributed by atoms with van der Waals surface area (Å²) in [5.74, 6) is -1.13. The molecule has 0 spiro atoms. The van der Waals surface area contributed by atoms with Crippen molar-refractivity contribution in [3.8, 4) is 0 Å². The van der Waals surface area contributed by atoms with Crippen LogP contribution in [0.4, 0.5) is 0 Å². The molecule has 0 radical (unpaired) electrons. The molecule has 5 nitrogen and oxygen atoms in total. The number of aliphatic carboxylic acids is 1. The Bertz CT molecular complexity index is 523. The van der Waals surface area contributed by atoms with E-state index in [4.69, 9.17) is 9.84 Å². The first-order valence-electron chi connectivity index (χ1n) is 6.21. The Balaban J connectivity index is 2.94. The highest BCUT2D eigenvalue weighted by atomic mass is 16.5. The van der Waals surface area contributed by atoms with E-state index in [1.807, 2.05) is 6.92 Å². The smallest absolute Gasteiger partial charge is 0.328 e. The summed E-state index contributed by atoms with van der Waals surface area (Å²) in [7, 11) is 3.28. The van der Waals surface area contributed by atoms with Gasteiger partial charge in [-0.15, -0.1) is 0 Å². The standard InChI is InChI=1S/C15H19NO4/c1-11-4-5-13(10-12(11)6-7-14(17)18)15(19)16(2)8-9-20-3/h4-7,10H,8-9H2,1-3H3,(H,17,18)/b7-6+. The second-order valence-electron chi connectivity index (χ2n) is 4.46. The molecule has 5 heteroatoms. The first-order valence-corrected chi connectivity index (χ1v) is 6.21. The zero-order valence-electron chi connectivity index (χ0n) is 11.9. The molecule has 0 unspecified atom stereocenters. The lowest BCUT2D eigenvalue weighted by atomic mass is 10.0. The summed E-state index contributed by atoms with van der Waals surface area (Å²) in [6, 6.07) is 5.23. The first-order chi connectivity index (χ1) is 9.45. The summed E-state index contributed by atoms with van der Waals surface area (Å²) < 4.78 is 4.94. The molecular formula is C15H19NO4. The second-order valence-corrected chi connectivity index (χ2v) is 4.46. The topological polar surface area (TPSA) is 66.8 Å². The molecule has 0 saturated carbocycles. The van der Waals surface area contributed by atoms with Gasteiger partial charge in [0.15, 0.2) is 0 Å². The number of benzene rings is 1. The fourth-order valence-electron chi connectivity index (χ4n) is 1.66. The third-order valence-electron chi connectivity index (χ3n) is 2.91. The number of rotatable bonds is 6. The van der Waals surface area contributed by atoms with Gasteiger partial charge in [0.05, 0.1) is 6.61 Å². The predicted molar refractivity (Wildman–Crippen MR) is 76.7 cm³/mol. The van der Waals surface area contributed by atoms with Gasteiger partial charge in [-0.1, -0.05) is 6.07 Å². The Kier molecular flexibility index (Phi) is 5.93. The van der Waals surface area contributed by atoms with Crippen LogP contribution in [0.15, 0.2) is 24.3 Å². The molecule has 0 bridgehead atoms. The molecule has 1 aromatic rings. The van der Waals surface area contributed by atoms with E-state index in [0.717, 1.165) is 17.2 Å². The van der Waals surface area contributed by atoms with Gasteiger partial charge in [0.2, 0.25) is 0 Å². The number of aryl methyl sites for hydroxylation is 1. The van der Waals surface area contributed by atoms with Crippen molar-refractivity contribution in [2.75, 3.05) is 27.3 Å². The van der Waals surface area contributed by atoms with Crippen molar-refractivity contribution < 1.29 is 19.4 Å². The summed E-state index contributed by atoms with van der Waals surface area (Å²) in [5.41, 5.74) is 2.16. The van der Waals surface area contributed by atoms with Crippen molar-refractivity contribution in [3.05, 3.63) is 41.0 Å². The Morgan fingerprint density at radius 1 is 1.40 bits per heavy atom. The molecule has 1 amide bonds. The molecule has 0 aliphatic carbocycles. The van der Waals surface area contributed by atoms with Crippen LogP contribution in [0.2, 0.25) is 0 Å². The van der Waals surface area contributed by atoms with Gasteiger partial charge in [-0.3, -0.25) is 4.79 Å². The van der Waals surface area contributed by atoms with Gasteiger partial charge in [0.25, 0.3) is 5.91 Å². The summed E-state index contributed by atoms with van der Waals surface area (Å²) in [6.07, 6.45) is 2.55. The highest BCUT2D eigenvalue weighted by Crippen LogP contribution is 2.14. The molecule has 0 aromatic heterocycles. The minimum Gasteiger partial charge on any atom is -0.478 e. The van der Waals surface area contributed by atoms with Crippen molar-refractivity contribution >= 4 is 18.0 Å². The zero-order chi connectivity index (χ0) is 15.1. The number of ether oxygens (including phenoxy) is 1. The molecule has 20 heavy (non-hydrogen) atoms. The van der Waals surface area contributed by atoms with Crippen LogP contribution in [0.1, 0.15) is 21.5 Å². The maximum absolute atomic E-state index is 12.2. The second kappa shape index (κ2) is 7.45. The van der Waals surface area contributed by atoms with E-state index in [2.05, 4.69) is 0 Å². The summed E-state index contributed by atoms with van der Waals surface area (Å²) in [6.45, 7) is 2.84. The number of carboxylic acids is 1. The molecule has 0 aliphatic rings. The summed E-state index contributed by atoms with van der Waals surface area (Å²) in [4.78, 5) is 24.3. The number of carboxylic acid groups (broad SMARTS) is 1. The van der Waals surface area contributed by atoms with Crippen LogP contribution in [0.3, 0.4) is 0 Å². The van der Waals surface area contributed by atoms with Crippen LogP contribution in [-0.4, -0.2) is 49.2 Å². The molecule has 0 heterocycles. The number of carbonyl (C=O) groups is 2. The number of amides is 1. The fourth-order valence-corrected chi connectivity index (χ4v) is 1.66. The molecule has 1 N–H and O–H groups in total. The Labute approximate surface area is 118 Å². The zero-order valence-corrected chi connectivity index (χ0v) is 11.9. The minimum atomic E-state index is -1.02. The van der Waals surface area contributed by atoms with E-state index in [-0.39, 0.29) is 5.91 Å².